The van der Waals surface area contributed by atoms with Crippen molar-refractivity contribution in [2.75, 3.05) is 26.6 Å². The molecule has 4 nitrogen and oxygen atoms in total. The number of hydrogen-bond acceptors (Lipinski definition) is 4. The number of benzene rings is 2. The third-order valence-electron chi connectivity index (χ3n) is 3.06. The highest BCUT2D eigenvalue weighted by Gasteiger charge is 2.04. The van der Waals surface area contributed by atoms with Gasteiger partial charge in [0.25, 0.3) is 0 Å². The molecular formula is C16H18ClNO3. The van der Waals surface area contributed by atoms with Gasteiger partial charge in [0.2, 0.25) is 0 Å². The molecule has 0 spiro atoms. The maximum atomic E-state index is 6.10. The number of methoxy groups -OCH3 is 3. The van der Waals surface area contributed by atoms with Gasteiger partial charge in [0.1, 0.15) is 17.2 Å². The molecule has 2 aromatic rings. The third-order valence-corrected chi connectivity index (χ3v) is 3.36. The fourth-order valence-corrected chi connectivity index (χ4v) is 2.21. The molecule has 21 heavy (non-hydrogen) atoms. The number of hydrogen-bond donors (Lipinski definition) is 1. The van der Waals surface area contributed by atoms with Crippen LogP contribution in [0.15, 0.2) is 36.4 Å². The molecule has 2 aromatic carbocycles. The molecule has 0 aromatic heterocycles. The van der Waals surface area contributed by atoms with E-state index in [2.05, 4.69) is 5.32 Å². The van der Waals surface area contributed by atoms with E-state index in [9.17, 15) is 0 Å². The summed E-state index contributed by atoms with van der Waals surface area (Å²) in [6.45, 7) is 0.635. The molecule has 0 saturated heterocycles. The lowest BCUT2D eigenvalue weighted by Crippen LogP contribution is -2.00. The number of anilines is 1. The molecule has 0 unspecified atom stereocenters. The smallest absolute Gasteiger partial charge is 0.137 e. The van der Waals surface area contributed by atoms with Gasteiger partial charge in [-0.05, 0) is 35.9 Å². The predicted molar refractivity (Wildman–Crippen MR) is 84.9 cm³/mol. The first kappa shape index (κ1) is 15.3. The molecule has 0 aliphatic rings. The zero-order valence-electron chi connectivity index (χ0n) is 12.3. The highest BCUT2D eigenvalue weighted by molar-refractivity contribution is 6.32. The monoisotopic (exact) mass is 307 g/mol. The van der Waals surface area contributed by atoms with E-state index in [4.69, 9.17) is 25.8 Å². The fraction of sp³-hybridized carbons (Fsp3) is 0.250. The van der Waals surface area contributed by atoms with Gasteiger partial charge in [-0.25, -0.2) is 0 Å². The third kappa shape index (κ3) is 3.95. The summed E-state index contributed by atoms with van der Waals surface area (Å²) in [6, 6.07) is 11.3. The molecule has 0 aliphatic carbocycles. The summed E-state index contributed by atoms with van der Waals surface area (Å²) >= 11 is 6.10. The van der Waals surface area contributed by atoms with Crippen LogP contribution < -0.4 is 19.5 Å². The second-order valence-electron chi connectivity index (χ2n) is 4.42. The number of nitrogens with one attached hydrogen (secondary N) is 1. The quantitative estimate of drug-likeness (QED) is 0.876. The standard InChI is InChI=1S/C16H18ClNO3/c1-19-13-6-11(7-14(9-13)20-2)10-18-12-4-5-16(21-3)15(17)8-12/h4-9,18H,10H2,1-3H3. The summed E-state index contributed by atoms with van der Waals surface area (Å²) < 4.78 is 15.6. The molecule has 0 saturated carbocycles. The Hall–Kier alpha value is -2.07. The van der Waals surface area contributed by atoms with Crippen molar-refractivity contribution < 1.29 is 14.2 Å². The van der Waals surface area contributed by atoms with E-state index in [1.54, 1.807) is 21.3 Å². The van der Waals surface area contributed by atoms with Gasteiger partial charge in [-0.3, -0.25) is 0 Å². The zero-order chi connectivity index (χ0) is 15.2. The van der Waals surface area contributed by atoms with Gasteiger partial charge in [-0.1, -0.05) is 11.6 Å². The lowest BCUT2D eigenvalue weighted by atomic mass is 10.2. The molecule has 1 N–H and O–H groups in total. The van der Waals surface area contributed by atoms with Gasteiger partial charge in [0.15, 0.2) is 0 Å². The molecule has 0 amide bonds. The number of halogens is 1. The van der Waals surface area contributed by atoms with Crippen LogP contribution in [0.25, 0.3) is 0 Å². The van der Waals surface area contributed by atoms with Crippen molar-refractivity contribution in [3.63, 3.8) is 0 Å². The maximum Gasteiger partial charge on any atom is 0.137 e. The van der Waals surface area contributed by atoms with Crippen LogP contribution in [-0.2, 0) is 6.54 Å². The van der Waals surface area contributed by atoms with Crippen LogP contribution >= 0.6 is 11.6 Å². The molecule has 112 valence electrons. The van der Waals surface area contributed by atoms with Gasteiger partial charge in [0.05, 0.1) is 26.4 Å². The predicted octanol–water partition coefficient (Wildman–Crippen LogP) is 3.98. The van der Waals surface area contributed by atoms with E-state index in [1.165, 1.54) is 0 Å². The minimum Gasteiger partial charge on any atom is -0.497 e. The summed E-state index contributed by atoms with van der Waals surface area (Å²) in [5.41, 5.74) is 1.97. The Labute approximate surface area is 129 Å². The molecule has 2 rings (SSSR count). The second kappa shape index (κ2) is 7.09. The Morgan fingerprint density at radius 3 is 2.10 bits per heavy atom. The van der Waals surface area contributed by atoms with Crippen LogP contribution in [0.4, 0.5) is 5.69 Å². The molecular weight excluding hydrogens is 290 g/mol. The zero-order valence-corrected chi connectivity index (χ0v) is 13.0. The van der Waals surface area contributed by atoms with Gasteiger partial charge in [0, 0.05) is 18.3 Å². The van der Waals surface area contributed by atoms with E-state index < -0.39 is 0 Å². The Balaban J connectivity index is 2.10. The summed E-state index contributed by atoms with van der Waals surface area (Å²) in [6.07, 6.45) is 0. The molecule has 0 aliphatic heterocycles. The van der Waals surface area contributed by atoms with E-state index in [0.717, 1.165) is 22.7 Å². The van der Waals surface area contributed by atoms with Crippen LogP contribution in [0.5, 0.6) is 17.2 Å². The summed E-state index contributed by atoms with van der Waals surface area (Å²) in [7, 11) is 4.86. The summed E-state index contributed by atoms with van der Waals surface area (Å²) in [5, 5.41) is 3.88. The molecule has 0 fully saturated rings. The SMILES string of the molecule is COc1cc(CNc2ccc(OC)c(Cl)c2)cc(OC)c1. The minimum absolute atomic E-state index is 0.575. The number of rotatable bonds is 6. The first-order valence-electron chi connectivity index (χ1n) is 6.45. The molecule has 0 heterocycles. The van der Waals surface area contributed by atoms with E-state index in [-0.39, 0.29) is 0 Å². The normalized spacial score (nSPS) is 10.1. The second-order valence-corrected chi connectivity index (χ2v) is 4.83. The topological polar surface area (TPSA) is 39.7 Å². The van der Waals surface area contributed by atoms with Crippen molar-refractivity contribution in [3.8, 4) is 17.2 Å². The summed E-state index contributed by atoms with van der Waals surface area (Å²) in [4.78, 5) is 0. The van der Waals surface area contributed by atoms with Crippen molar-refractivity contribution in [2.45, 2.75) is 6.54 Å². The molecule has 5 heteroatoms. The average molecular weight is 308 g/mol. The van der Waals surface area contributed by atoms with Gasteiger partial charge >= 0.3 is 0 Å². The van der Waals surface area contributed by atoms with Crippen LogP contribution in [0, 0.1) is 0 Å². The first-order valence-corrected chi connectivity index (χ1v) is 6.83. The highest BCUT2D eigenvalue weighted by atomic mass is 35.5. The van der Waals surface area contributed by atoms with Crippen molar-refractivity contribution in [1.82, 2.24) is 0 Å². The Morgan fingerprint density at radius 2 is 1.57 bits per heavy atom. The lowest BCUT2D eigenvalue weighted by Gasteiger charge is -2.11. The van der Waals surface area contributed by atoms with Crippen LogP contribution in [0.3, 0.4) is 0 Å². The van der Waals surface area contributed by atoms with Crippen molar-refractivity contribution in [2.24, 2.45) is 0 Å². The molecule has 0 radical (unpaired) electrons. The fourth-order valence-electron chi connectivity index (χ4n) is 1.95. The largest absolute Gasteiger partial charge is 0.497 e. The Kier molecular flexibility index (Phi) is 5.17. The van der Waals surface area contributed by atoms with Crippen LogP contribution in [0.1, 0.15) is 5.56 Å². The van der Waals surface area contributed by atoms with E-state index in [1.807, 2.05) is 36.4 Å². The van der Waals surface area contributed by atoms with Crippen molar-refractivity contribution in [3.05, 3.63) is 47.0 Å². The van der Waals surface area contributed by atoms with Gasteiger partial charge in [-0.15, -0.1) is 0 Å². The number of ether oxygens (including phenoxy) is 3. The summed E-state index contributed by atoms with van der Waals surface area (Å²) in [5.74, 6) is 2.18. The van der Waals surface area contributed by atoms with Gasteiger partial charge in [-0.2, -0.15) is 0 Å². The maximum absolute atomic E-state index is 6.10. The van der Waals surface area contributed by atoms with Crippen molar-refractivity contribution in [1.29, 1.82) is 0 Å². The lowest BCUT2D eigenvalue weighted by molar-refractivity contribution is 0.393. The van der Waals surface area contributed by atoms with E-state index >= 15 is 0 Å². The molecule has 0 atom stereocenters. The minimum atomic E-state index is 0.575. The highest BCUT2D eigenvalue weighted by Crippen LogP contribution is 2.28. The average Bonchev–Trinajstić information content (AvgIpc) is 2.52. The van der Waals surface area contributed by atoms with E-state index in [0.29, 0.717) is 17.3 Å². The Bertz CT molecular complexity index is 594. The Morgan fingerprint density at radius 1 is 0.905 bits per heavy atom. The van der Waals surface area contributed by atoms with Crippen molar-refractivity contribution >= 4 is 17.3 Å². The van der Waals surface area contributed by atoms with Crippen LogP contribution in [-0.4, -0.2) is 21.3 Å². The van der Waals surface area contributed by atoms with Crippen LogP contribution in [0.2, 0.25) is 5.02 Å². The van der Waals surface area contributed by atoms with Gasteiger partial charge < -0.3 is 19.5 Å². The first-order chi connectivity index (χ1) is 10.2. The molecule has 0 bridgehead atoms.